The summed E-state index contributed by atoms with van der Waals surface area (Å²) in [7, 11) is 0. The topological polar surface area (TPSA) is 61.8 Å². The van der Waals surface area contributed by atoms with Crippen LogP contribution < -0.4 is 9.47 Å². The molecule has 1 heterocycles. The molecule has 0 fully saturated rings. The Morgan fingerprint density at radius 3 is 2.03 bits per heavy atom. The Labute approximate surface area is 206 Å². The maximum absolute atomic E-state index is 13.1. The van der Waals surface area contributed by atoms with Gasteiger partial charge in [0.1, 0.15) is 18.1 Å². The molecule has 2 aliphatic carbocycles. The maximum atomic E-state index is 13.1. The predicted molar refractivity (Wildman–Crippen MR) is 133 cm³/mol. The van der Waals surface area contributed by atoms with Crippen LogP contribution in [-0.4, -0.2) is 18.2 Å². The highest BCUT2D eigenvalue weighted by Crippen LogP contribution is 2.48. The van der Waals surface area contributed by atoms with Crippen molar-refractivity contribution in [3.8, 4) is 11.5 Å². The van der Waals surface area contributed by atoms with Gasteiger partial charge in [0.05, 0.1) is 6.61 Å². The Hall–Kier alpha value is -3.34. The molecule has 0 radical (unpaired) electrons. The number of aryl methyl sites for hydroxylation is 2. The summed E-state index contributed by atoms with van der Waals surface area (Å²) >= 11 is 0. The van der Waals surface area contributed by atoms with E-state index in [9.17, 15) is 9.59 Å². The summed E-state index contributed by atoms with van der Waals surface area (Å²) in [6.45, 7) is 7.01. The maximum Gasteiger partial charge on any atom is 0.163 e. The zero-order valence-electron chi connectivity index (χ0n) is 20.7. The van der Waals surface area contributed by atoms with Crippen LogP contribution in [-0.2, 0) is 20.9 Å². The molecule has 5 nitrogen and oxygen atoms in total. The number of carbonyl (C=O) groups is 2. The highest BCUT2D eigenvalue weighted by molar-refractivity contribution is 6.05. The summed E-state index contributed by atoms with van der Waals surface area (Å²) in [5.74, 6) is 2.51. The Balaban J connectivity index is 1.52. The highest BCUT2D eigenvalue weighted by Gasteiger charge is 2.41. The molecule has 2 aromatic rings. The third-order valence-corrected chi connectivity index (χ3v) is 6.92. The zero-order chi connectivity index (χ0) is 24.5. The summed E-state index contributed by atoms with van der Waals surface area (Å²) in [4.78, 5) is 26.1. The number of hydrogen-bond acceptors (Lipinski definition) is 5. The van der Waals surface area contributed by atoms with Gasteiger partial charge in [0, 0.05) is 42.7 Å². The van der Waals surface area contributed by atoms with Gasteiger partial charge in [-0.3, -0.25) is 9.59 Å². The second kappa shape index (κ2) is 9.73. The average Bonchev–Trinajstić information content (AvgIpc) is 2.82. The number of allylic oxidation sites excluding steroid dienone is 4. The molecule has 0 spiro atoms. The minimum absolute atomic E-state index is 0.0780. The standard InChI is InChI=1S/C30H32O5/c1-4-33-27-16-21(11-12-24(27)34-17-20-14-18(2)13-19(3)15-20)28-29-22(31)7-5-9-25(29)35-26-10-6-8-23(32)30(26)28/h11-16,28H,4-10,17H2,1-3H3. The Bertz CT molecular complexity index is 1190. The number of carbonyl (C=O) groups excluding carboxylic acids is 2. The third kappa shape index (κ3) is 4.64. The van der Waals surface area contributed by atoms with Crippen molar-refractivity contribution in [2.75, 3.05) is 6.61 Å². The number of hydrogen-bond donors (Lipinski definition) is 0. The Morgan fingerprint density at radius 2 is 1.43 bits per heavy atom. The summed E-state index contributed by atoms with van der Waals surface area (Å²) in [5, 5.41) is 0. The second-order valence-corrected chi connectivity index (χ2v) is 9.69. The quantitative estimate of drug-likeness (QED) is 0.486. The molecule has 0 N–H and O–H groups in total. The Morgan fingerprint density at radius 1 is 0.800 bits per heavy atom. The lowest BCUT2D eigenvalue weighted by Crippen LogP contribution is -2.30. The predicted octanol–water partition coefficient (Wildman–Crippen LogP) is 6.41. The molecule has 0 saturated carbocycles. The van der Waals surface area contributed by atoms with Crippen LogP contribution in [0.2, 0.25) is 0 Å². The normalized spacial score (nSPS) is 18.3. The Kier molecular flexibility index (Phi) is 6.50. The van der Waals surface area contributed by atoms with Gasteiger partial charge in [-0.2, -0.15) is 0 Å². The summed E-state index contributed by atoms with van der Waals surface area (Å²) in [6, 6.07) is 12.2. The number of Topliss-reactive ketones (excluding diaryl/α,β-unsaturated/α-hetero) is 2. The van der Waals surface area contributed by atoms with Crippen LogP contribution in [0.4, 0.5) is 0 Å². The van der Waals surface area contributed by atoms with E-state index in [2.05, 4.69) is 32.0 Å². The fourth-order valence-electron chi connectivity index (χ4n) is 5.56. The van der Waals surface area contributed by atoms with Crippen molar-refractivity contribution in [1.82, 2.24) is 0 Å². The largest absolute Gasteiger partial charge is 0.490 e. The third-order valence-electron chi connectivity index (χ3n) is 6.92. The molecule has 0 aromatic heterocycles. The summed E-state index contributed by atoms with van der Waals surface area (Å²) in [5.41, 5.74) is 5.68. The van der Waals surface area contributed by atoms with Crippen LogP contribution in [0.15, 0.2) is 59.1 Å². The zero-order valence-corrected chi connectivity index (χ0v) is 20.7. The fourth-order valence-corrected chi connectivity index (χ4v) is 5.56. The van der Waals surface area contributed by atoms with Crippen molar-refractivity contribution >= 4 is 11.6 Å². The second-order valence-electron chi connectivity index (χ2n) is 9.69. The summed E-state index contributed by atoms with van der Waals surface area (Å²) < 4.78 is 18.3. The molecule has 0 bridgehead atoms. The first-order valence-corrected chi connectivity index (χ1v) is 12.6. The van der Waals surface area contributed by atoms with Gasteiger partial charge in [0.25, 0.3) is 0 Å². The van der Waals surface area contributed by atoms with Gasteiger partial charge in [0.15, 0.2) is 23.1 Å². The van der Waals surface area contributed by atoms with E-state index >= 15 is 0 Å². The molecule has 3 aliphatic rings. The smallest absolute Gasteiger partial charge is 0.163 e. The van der Waals surface area contributed by atoms with Crippen LogP contribution >= 0.6 is 0 Å². The molecule has 0 amide bonds. The van der Waals surface area contributed by atoms with Gasteiger partial charge in [-0.15, -0.1) is 0 Å². The first-order chi connectivity index (χ1) is 16.9. The van der Waals surface area contributed by atoms with Crippen molar-refractivity contribution in [1.29, 1.82) is 0 Å². The molecular weight excluding hydrogens is 440 g/mol. The lowest BCUT2D eigenvalue weighted by atomic mass is 9.73. The molecule has 1 aliphatic heterocycles. The van der Waals surface area contributed by atoms with E-state index in [0.29, 0.717) is 48.7 Å². The van der Waals surface area contributed by atoms with E-state index in [4.69, 9.17) is 14.2 Å². The monoisotopic (exact) mass is 472 g/mol. The van der Waals surface area contributed by atoms with Crippen molar-refractivity contribution in [2.45, 2.75) is 71.8 Å². The van der Waals surface area contributed by atoms with E-state index in [1.165, 1.54) is 11.1 Å². The lowest BCUT2D eigenvalue weighted by molar-refractivity contribution is -0.117. The molecule has 0 saturated heterocycles. The van der Waals surface area contributed by atoms with Gasteiger partial charge in [-0.05, 0) is 56.9 Å². The SMILES string of the molecule is CCOc1cc(C2C3=C(CCCC3=O)OC3=C2C(=O)CCC3)ccc1OCc1cc(C)cc(C)c1. The molecule has 182 valence electrons. The molecule has 5 rings (SSSR count). The van der Waals surface area contributed by atoms with E-state index in [0.717, 1.165) is 48.3 Å². The number of ketones is 2. The van der Waals surface area contributed by atoms with E-state index < -0.39 is 5.92 Å². The van der Waals surface area contributed by atoms with Crippen LogP contribution in [0.5, 0.6) is 11.5 Å². The minimum Gasteiger partial charge on any atom is -0.490 e. The van der Waals surface area contributed by atoms with Crippen molar-refractivity contribution in [3.63, 3.8) is 0 Å². The summed E-state index contributed by atoms with van der Waals surface area (Å²) in [6.07, 6.45) is 4.03. The molecule has 0 unspecified atom stereocenters. The number of ether oxygens (including phenoxy) is 3. The first-order valence-electron chi connectivity index (χ1n) is 12.6. The van der Waals surface area contributed by atoms with Crippen LogP contribution in [0.25, 0.3) is 0 Å². The van der Waals surface area contributed by atoms with Gasteiger partial charge in [-0.25, -0.2) is 0 Å². The van der Waals surface area contributed by atoms with Gasteiger partial charge >= 0.3 is 0 Å². The highest BCUT2D eigenvalue weighted by atomic mass is 16.5. The minimum atomic E-state index is -0.401. The van der Waals surface area contributed by atoms with Crippen LogP contribution in [0.1, 0.15) is 73.6 Å². The van der Waals surface area contributed by atoms with E-state index in [1.807, 2.05) is 25.1 Å². The molecule has 35 heavy (non-hydrogen) atoms. The fraction of sp³-hybridized carbons (Fsp3) is 0.400. The van der Waals surface area contributed by atoms with Gasteiger partial charge in [-0.1, -0.05) is 35.4 Å². The first kappa shape index (κ1) is 23.4. The van der Waals surface area contributed by atoms with Crippen molar-refractivity contribution < 1.29 is 23.8 Å². The lowest BCUT2D eigenvalue weighted by Gasteiger charge is -2.36. The molecule has 0 atom stereocenters. The van der Waals surface area contributed by atoms with Gasteiger partial charge in [0.2, 0.25) is 0 Å². The van der Waals surface area contributed by atoms with Crippen molar-refractivity contribution in [3.05, 3.63) is 81.3 Å². The van der Waals surface area contributed by atoms with Gasteiger partial charge < -0.3 is 14.2 Å². The van der Waals surface area contributed by atoms with Crippen LogP contribution in [0.3, 0.4) is 0 Å². The average molecular weight is 473 g/mol. The van der Waals surface area contributed by atoms with E-state index in [-0.39, 0.29) is 11.6 Å². The molecule has 5 heteroatoms. The van der Waals surface area contributed by atoms with Crippen LogP contribution in [0, 0.1) is 13.8 Å². The molecule has 2 aromatic carbocycles. The number of rotatable bonds is 6. The van der Waals surface area contributed by atoms with Crippen molar-refractivity contribution in [2.24, 2.45) is 0 Å². The molecular formula is C30H32O5. The van der Waals surface area contributed by atoms with E-state index in [1.54, 1.807) is 0 Å². The number of benzene rings is 2.